The molecular weight excluding hydrogens is 296 g/mol. The maximum Gasteiger partial charge on any atom is 0.122 e. The Morgan fingerprint density at radius 3 is 1.45 bits per heavy atom. The van der Waals surface area contributed by atoms with E-state index < -0.39 is 0 Å². The first kappa shape index (κ1) is 19.3. The Balaban J connectivity index is 0.000000367. The molecular formula is C14H24O4S2. The summed E-state index contributed by atoms with van der Waals surface area (Å²) in [6.07, 6.45) is 5.05. The average molecular weight is 320 g/mol. The Bertz CT molecular complexity index is 289. The third-order valence-electron chi connectivity index (χ3n) is 2.15. The van der Waals surface area contributed by atoms with Crippen LogP contribution in [0.15, 0.2) is 18.2 Å². The summed E-state index contributed by atoms with van der Waals surface area (Å²) in [7, 11) is 0. The fourth-order valence-electron chi connectivity index (χ4n) is 1.09. The molecule has 0 radical (unpaired) electrons. The molecule has 0 atom stereocenters. The SMILES string of the molecule is CCCCSOSCCCC.Oc1cc(O)cc(O)c1. The molecule has 0 spiro atoms. The summed E-state index contributed by atoms with van der Waals surface area (Å²) in [6, 6.07) is 3.42. The Morgan fingerprint density at radius 2 is 1.15 bits per heavy atom. The second-order valence-corrected chi connectivity index (χ2v) is 5.96. The predicted octanol–water partition coefficient (Wildman–Crippen LogP) is 4.70. The van der Waals surface area contributed by atoms with Gasteiger partial charge in [-0.1, -0.05) is 26.7 Å². The van der Waals surface area contributed by atoms with Crippen LogP contribution in [0.3, 0.4) is 0 Å². The van der Waals surface area contributed by atoms with Crippen molar-refractivity contribution in [3.05, 3.63) is 18.2 Å². The molecule has 0 bridgehead atoms. The smallest absolute Gasteiger partial charge is 0.122 e. The van der Waals surface area contributed by atoms with Gasteiger partial charge in [-0.2, -0.15) is 0 Å². The van der Waals surface area contributed by atoms with Gasteiger partial charge >= 0.3 is 0 Å². The van der Waals surface area contributed by atoms with Crippen LogP contribution in [0.2, 0.25) is 0 Å². The van der Waals surface area contributed by atoms with Crippen molar-refractivity contribution < 1.29 is 18.9 Å². The second-order valence-electron chi connectivity index (χ2n) is 4.13. The van der Waals surface area contributed by atoms with E-state index in [0.29, 0.717) is 0 Å². The summed E-state index contributed by atoms with van der Waals surface area (Å²) in [5.74, 6) is 1.83. The van der Waals surface area contributed by atoms with Gasteiger partial charge in [0.1, 0.15) is 17.2 Å². The van der Waals surface area contributed by atoms with Gasteiger partial charge in [0.15, 0.2) is 0 Å². The molecule has 1 aromatic rings. The Hall–Kier alpha value is -0.720. The zero-order valence-corrected chi connectivity index (χ0v) is 13.7. The lowest BCUT2D eigenvalue weighted by molar-refractivity contribution is 0.428. The third kappa shape index (κ3) is 12.3. The van der Waals surface area contributed by atoms with Crippen molar-refractivity contribution in [1.29, 1.82) is 0 Å². The zero-order valence-electron chi connectivity index (χ0n) is 12.0. The van der Waals surface area contributed by atoms with Gasteiger partial charge < -0.3 is 15.3 Å². The lowest BCUT2D eigenvalue weighted by Crippen LogP contribution is -1.79. The van der Waals surface area contributed by atoms with Crippen LogP contribution in [-0.2, 0) is 3.63 Å². The van der Waals surface area contributed by atoms with Gasteiger partial charge in [-0.05, 0) is 12.8 Å². The number of phenols is 3. The van der Waals surface area contributed by atoms with E-state index in [1.54, 1.807) is 24.1 Å². The van der Waals surface area contributed by atoms with Crippen molar-refractivity contribution in [3.8, 4) is 17.2 Å². The second kappa shape index (κ2) is 13.3. The van der Waals surface area contributed by atoms with E-state index >= 15 is 0 Å². The molecule has 1 aromatic carbocycles. The zero-order chi connectivity index (χ0) is 15.2. The van der Waals surface area contributed by atoms with E-state index in [2.05, 4.69) is 13.8 Å². The molecule has 6 heteroatoms. The van der Waals surface area contributed by atoms with Gasteiger partial charge in [0.25, 0.3) is 0 Å². The van der Waals surface area contributed by atoms with Gasteiger partial charge in [-0.15, -0.1) is 0 Å². The minimum absolute atomic E-state index is 0.146. The molecule has 3 N–H and O–H groups in total. The van der Waals surface area contributed by atoms with Crippen LogP contribution in [0.4, 0.5) is 0 Å². The van der Waals surface area contributed by atoms with Crippen LogP contribution in [0.25, 0.3) is 0 Å². The highest BCUT2D eigenvalue weighted by molar-refractivity contribution is 8.07. The largest absolute Gasteiger partial charge is 0.508 e. The standard InChI is InChI=1S/C8H18OS2.C6H6O3/c1-3-5-7-10-9-11-8-6-4-2;7-4-1-5(8)3-6(9)2-4/h3-8H2,1-2H3;1-3,7-9H. The molecule has 0 aliphatic rings. The van der Waals surface area contributed by atoms with Crippen molar-refractivity contribution in [1.82, 2.24) is 0 Å². The van der Waals surface area contributed by atoms with Crippen LogP contribution in [0.1, 0.15) is 39.5 Å². The molecule has 0 saturated carbocycles. The van der Waals surface area contributed by atoms with Crippen molar-refractivity contribution in [2.75, 3.05) is 11.5 Å². The molecule has 116 valence electrons. The summed E-state index contributed by atoms with van der Waals surface area (Å²) >= 11 is 3.18. The van der Waals surface area contributed by atoms with Gasteiger partial charge in [0, 0.05) is 53.8 Å². The fraction of sp³-hybridized carbons (Fsp3) is 0.571. The molecule has 0 aliphatic carbocycles. The summed E-state index contributed by atoms with van der Waals surface area (Å²) in [5.41, 5.74) is 0. The molecule has 20 heavy (non-hydrogen) atoms. The fourth-order valence-corrected chi connectivity index (χ4v) is 2.72. The van der Waals surface area contributed by atoms with Crippen LogP contribution in [-0.4, -0.2) is 26.8 Å². The van der Waals surface area contributed by atoms with Gasteiger partial charge in [-0.3, -0.25) is 0 Å². The summed E-state index contributed by atoms with van der Waals surface area (Å²) in [5, 5.41) is 26.0. The Kier molecular flexibility index (Phi) is 12.8. The summed E-state index contributed by atoms with van der Waals surface area (Å²) in [4.78, 5) is 0. The Labute approximate surface area is 130 Å². The lowest BCUT2D eigenvalue weighted by atomic mass is 10.3. The number of rotatable bonds is 8. The Morgan fingerprint density at radius 1 is 0.800 bits per heavy atom. The van der Waals surface area contributed by atoms with Crippen LogP contribution < -0.4 is 0 Å². The molecule has 1 rings (SSSR count). The maximum atomic E-state index is 8.67. The van der Waals surface area contributed by atoms with E-state index in [0.717, 1.165) is 29.7 Å². The molecule has 0 unspecified atom stereocenters. The summed E-state index contributed by atoms with van der Waals surface area (Å²) < 4.78 is 5.27. The van der Waals surface area contributed by atoms with Crippen LogP contribution in [0, 0.1) is 0 Å². The van der Waals surface area contributed by atoms with Crippen molar-refractivity contribution in [3.63, 3.8) is 0 Å². The molecule has 0 fully saturated rings. The molecule has 0 amide bonds. The number of unbranched alkanes of at least 4 members (excludes halogenated alkanes) is 2. The summed E-state index contributed by atoms with van der Waals surface area (Å²) in [6.45, 7) is 4.40. The first-order valence-corrected chi connectivity index (χ1v) is 8.55. The van der Waals surface area contributed by atoms with Crippen molar-refractivity contribution in [2.24, 2.45) is 0 Å². The van der Waals surface area contributed by atoms with E-state index in [-0.39, 0.29) is 17.2 Å². The van der Waals surface area contributed by atoms with Crippen molar-refractivity contribution >= 4 is 24.1 Å². The highest BCUT2D eigenvalue weighted by Gasteiger charge is 1.94. The van der Waals surface area contributed by atoms with E-state index in [4.69, 9.17) is 18.9 Å². The number of aromatic hydroxyl groups is 3. The van der Waals surface area contributed by atoms with Crippen LogP contribution in [0.5, 0.6) is 17.2 Å². The van der Waals surface area contributed by atoms with Crippen LogP contribution >= 0.6 is 24.1 Å². The first-order valence-electron chi connectivity index (χ1n) is 6.73. The highest BCUT2D eigenvalue weighted by atomic mass is 32.2. The van der Waals surface area contributed by atoms with E-state index in [9.17, 15) is 0 Å². The minimum atomic E-state index is -0.146. The van der Waals surface area contributed by atoms with Gasteiger partial charge in [-0.25, -0.2) is 3.63 Å². The number of benzene rings is 1. The molecule has 0 aliphatic heterocycles. The van der Waals surface area contributed by atoms with E-state index in [1.165, 1.54) is 25.7 Å². The molecule has 0 aromatic heterocycles. The average Bonchev–Trinajstić information content (AvgIpc) is 2.37. The quantitative estimate of drug-likeness (QED) is 0.476. The predicted molar refractivity (Wildman–Crippen MR) is 87.3 cm³/mol. The lowest BCUT2D eigenvalue weighted by Gasteiger charge is -1.98. The normalized spacial score (nSPS) is 9.90. The van der Waals surface area contributed by atoms with Crippen molar-refractivity contribution in [2.45, 2.75) is 39.5 Å². The van der Waals surface area contributed by atoms with E-state index in [1.807, 2.05) is 0 Å². The number of hydrogen-bond acceptors (Lipinski definition) is 6. The first-order chi connectivity index (χ1) is 9.60. The third-order valence-corrected chi connectivity index (χ3v) is 3.83. The highest BCUT2D eigenvalue weighted by Crippen LogP contribution is 2.23. The monoisotopic (exact) mass is 320 g/mol. The molecule has 0 saturated heterocycles. The number of hydrogen-bond donors (Lipinski definition) is 3. The molecule has 4 nitrogen and oxygen atoms in total. The molecule has 0 heterocycles. The minimum Gasteiger partial charge on any atom is -0.508 e. The van der Waals surface area contributed by atoms with Gasteiger partial charge in [0.2, 0.25) is 0 Å². The maximum absolute atomic E-state index is 8.67. The van der Waals surface area contributed by atoms with Gasteiger partial charge in [0.05, 0.1) is 0 Å². The number of phenolic OH excluding ortho intramolecular Hbond substituents is 3. The topological polar surface area (TPSA) is 69.9 Å².